The van der Waals surface area contributed by atoms with Crippen LogP contribution < -0.4 is 21.0 Å². The summed E-state index contributed by atoms with van der Waals surface area (Å²) in [5.74, 6) is -0.329. The molecule has 1 aliphatic heterocycles. The number of nitrogens with one attached hydrogen (secondary N) is 2. The van der Waals surface area contributed by atoms with Gasteiger partial charge in [0.05, 0.1) is 27.0 Å². The van der Waals surface area contributed by atoms with Gasteiger partial charge in [-0.2, -0.15) is 8.42 Å². The number of rotatable bonds is 4. The van der Waals surface area contributed by atoms with Gasteiger partial charge in [0.2, 0.25) is 0 Å². The number of anilines is 1. The predicted octanol–water partition coefficient (Wildman–Crippen LogP) is 0.0692. The topological polar surface area (TPSA) is 106 Å². The van der Waals surface area contributed by atoms with E-state index in [1.807, 2.05) is 29.2 Å². The molecule has 0 bridgehead atoms. The molecule has 0 radical (unpaired) electrons. The average Bonchev–Trinajstić information content (AvgIpc) is 2.98. The average molecular weight is 353 g/mol. The van der Waals surface area contributed by atoms with E-state index in [4.69, 9.17) is 4.55 Å². The molecule has 0 fully saturated rings. The lowest BCUT2D eigenvalue weighted by Crippen LogP contribution is -2.38. The monoisotopic (exact) mass is 353 g/mol. The fraction of sp³-hybridized carbons (Fsp3) is 0.214. The Kier molecular flexibility index (Phi) is 4.09. The zero-order chi connectivity index (χ0) is 16.6. The van der Waals surface area contributed by atoms with Crippen molar-refractivity contribution < 1.29 is 13.0 Å². The first-order valence-electron chi connectivity index (χ1n) is 6.86. The normalized spacial score (nSPS) is 16.7. The van der Waals surface area contributed by atoms with Gasteiger partial charge in [-0.1, -0.05) is 30.5 Å². The van der Waals surface area contributed by atoms with E-state index in [1.165, 1.54) is 11.8 Å². The number of aromatic nitrogens is 2. The summed E-state index contributed by atoms with van der Waals surface area (Å²) in [5, 5.41) is 6.82. The highest BCUT2D eigenvalue weighted by Gasteiger charge is 2.26. The minimum absolute atomic E-state index is 0.242. The minimum Gasteiger partial charge on any atom is -0.334 e. The van der Waals surface area contributed by atoms with Crippen LogP contribution in [-0.4, -0.2) is 35.5 Å². The van der Waals surface area contributed by atoms with Crippen molar-refractivity contribution >= 4 is 39.2 Å². The summed E-state index contributed by atoms with van der Waals surface area (Å²) in [6.45, 7) is 4.18. The summed E-state index contributed by atoms with van der Waals surface area (Å²) < 4.78 is 30.7. The maximum Gasteiger partial charge on any atom is 0.274 e. The van der Waals surface area contributed by atoms with E-state index in [1.54, 1.807) is 0 Å². The Morgan fingerprint density at radius 2 is 2.00 bits per heavy atom. The van der Waals surface area contributed by atoms with Crippen molar-refractivity contribution in [2.24, 2.45) is 0 Å². The van der Waals surface area contributed by atoms with Gasteiger partial charge in [-0.3, -0.25) is 19.5 Å². The van der Waals surface area contributed by atoms with Crippen LogP contribution in [0.25, 0.3) is 11.6 Å². The molecule has 1 aliphatic rings. The van der Waals surface area contributed by atoms with Gasteiger partial charge in [-0.05, 0) is 18.6 Å². The molecule has 3 rings (SSSR count). The van der Waals surface area contributed by atoms with E-state index in [-0.39, 0.29) is 17.7 Å². The molecule has 23 heavy (non-hydrogen) atoms. The molecule has 0 spiro atoms. The predicted molar refractivity (Wildman–Crippen MR) is 90.3 cm³/mol. The second kappa shape index (κ2) is 5.91. The molecule has 0 amide bonds. The van der Waals surface area contributed by atoms with Gasteiger partial charge in [-0.25, -0.2) is 0 Å². The maximum atomic E-state index is 12.0. The molecule has 2 aromatic rings. The fourth-order valence-electron chi connectivity index (χ4n) is 2.47. The summed E-state index contributed by atoms with van der Waals surface area (Å²) in [5.41, 5.74) is 0.632. The molecule has 7 nitrogen and oxygen atoms in total. The van der Waals surface area contributed by atoms with E-state index in [0.29, 0.717) is 22.1 Å². The Bertz CT molecular complexity index is 977. The van der Waals surface area contributed by atoms with Crippen LogP contribution in [0.2, 0.25) is 0 Å². The molecule has 1 aromatic heterocycles. The number of thioether (sulfide) groups is 1. The quantitative estimate of drug-likeness (QED) is 0.672. The molecule has 122 valence electrons. The third-order valence-electron chi connectivity index (χ3n) is 3.46. The number of para-hydroxylation sites is 1. The van der Waals surface area contributed by atoms with Gasteiger partial charge in [0.1, 0.15) is 0 Å². The first kappa shape index (κ1) is 15.9. The van der Waals surface area contributed by atoms with E-state index < -0.39 is 10.1 Å². The lowest BCUT2D eigenvalue weighted by Gasteiger charge is -2.19. The second-order valence-electron chi connectivity index (χ2n) is 5.10. The zero-order valence-corrected chi connectivity index (χ0v) is 13.7. The molecule has 0 unspecified atom stereocenters. The van der Waals surface area contributed by atoms with Crippen LogP contribution >= 0.6 is 11.8 Å². The van der Waals surface area contributed by atoms with Gasteiger partial charge >= 0.3 is 0 Å². The molecule has 3 N–H and O–H groups in total. The van der Waals surface area contributed by atoms with Crippen LogP contribution in [-0.2, 0) is 10.1 Å². The van der Waals surface area contributed by atoms with E-state index in [0.717, 1.165) is 10.6 Å². The second-order valence-corrected chi connectivity index (χ2v) is 7.70. The summed E-state index contributed by atoms with van der Waals surface area (Å²) in [7, 11) is -4.01. The molecular weight excluding hydrogens is 338 g/mol. The smallest absolute Gasteiger partial charge is 0.274 e. The highest BCUT2D eigenvalue weighted by atomic mass is 32.2. The Morgan fingerprint density at radius 1 is 1.26 bits per heavy atom. The van der Waals surface area contributed by atoms with Crippen LogP contribution in [0, 0.1) is 0 Å². The first-order valence-corrected chi connectivity index (χ1v) is 9.29. The number of fused-ring (bicyclic) bond motifs is 1. The molecule has 0 atom stereocenters. The molecular formula is C14H15N3O4S2. The Morgan fingerprint density at radius 3 is 2.65 bits per heavy atom. The molecule has 0 aliphatic carbocycles. The lowest BCUT2D eigenvalue weighted by molar-refractivity contribution is 0.481. The number of H-pyrrole nitrogens is 2. The van der Waals surface area contributed by atoms with Gasteiger partial charge in [0.25, 0.3) is 15.7 Å². The van der Waals surface area contributed by atoms with E-state index >= 15 is 0 Å². The molecule has 1 aromatic carbocycles. The lowest BCUT2D eigenvalue weighted by atomic mass is 10.2. The molecule has 0 saturated carbocycles. The number of aromatic amines is 2. The largest absolute Gasteiger partial charge is 0.334 e. The molecule has 9 heteroatoms. The van der Waals surface area contributed by atoms with Crippen molar-refractivity contribution in [1.29, 1.82) is 0 Å². The van der Waals surface area contributed by atoms with Crippen molar-refractivity contribution in [1.82, 2.24) is 10.2 Å². The Hall–Kier alpha value is -1.97. The number of hydrogen-bond acceptors (Lipinski definition) is 5. The summed E-state index contributed by atoms with van der Waals surface area (Å²) >= 11 is 1.44. The summed E-state index contributed by atoms with van der Waals surface area (Å²) in [6, 6.07) is 7.63. The van der Waals surface area contributed by atoms with Gasteiger partial charge < -0.3 is 4.90 Å². The highest BCUT2D eigenvalue weighted by molar-refractivity contribution is 8.08. The van der Waals surface area contributed by atoms with Crippen molar-refractivity contribution in [3.8, 4) is 0 Å². The van der Waals surface area contributed by atoms with E-state index in [2.05, 4.69) is 16.8 Å². The summed E-state index contributed by atoms with van der Waals surface area (Å²) in [4.78, 5) is 14.9. The van der Waals surface area contributed by atoms with Gasteiger partial charge in [-0.15, -0.1) is 0 Å². The number of nitrogens with zero attached hydrogens (tertiary/aromatic N) is 1. The number of benzene rings is 1. The first-order chi connectivity index (χ1) is 10.9. The summed E-state index contributed by atoms with van der Waals surface area (Å²) in [6.07, 6.45) is 0.242. The molecule has 2 heterocycles. The van der Waals surface area contributed by atoms with Crippen LogP contribution in [0.15, 0.2) is 34.0 Å². The third kappa shape index (κ3) is 3.21. The Labute approximate surface area is 136 Å². The minimum atomic E-state index is -4.01. The van der Waals surface area contributed by atoms with Gasteiger partial charge in [0.15, 0.2) is 0 Å². The SMILES string of the molecule is C=c1[nH][nH]c(=O)c1=C1Sc2ccccc2N1CCCS(=O)(=O)O. The van der Waals surface area contributed by atoms with Gasteiger partial charge in [0, 0.05) is 11.4 Å². The van der Waals surface area contributed by atoms with Crippen LogP contribution in [0.1, 0.15) is 6.42 Å². The van der Waals surface area contributed by atoms with Crippen LogP contribution in [0.4, 0.5) is 5.69 Å². The van der Waals surface area contributed by atoms with Crippen molar-refractivity contribution in [3.05, 3.63) is 45.2 Å². The van der Waals surface area contributed by atoms with Crippen molar-refractivity contribution in [2.45, 2.75) is 11.3 Å². The van der Waals surface area contributed by atoms with E-state index in [9.17, 15) is 13.2 Å². The highest BCUT2D eigenvalue weighted by Crippen LogP contribution is 2.45. The van der Waals surface area contributed by atoms with Crippen molar-refractivity contribution in [3.63, 3.8) is 0 Å². The van der Waals surface area contributed by atoms with Crippen LogP contribution in [0.5, 0.6) is 0 Å². The molecule has 0 saturated heterocycles. The third-order valence-corrected chi connectivity index (χ3v) is 5.45. The standard InChI is InChI=1S/C14H15N3O4S2/c1-9-12(13(18)16-15-9)14-17(7-4-8-23(19,20)21)10-5-2-3-6-11(10)22-14/h2-3,5-6,15H,1,4,7-8H2,(H,16,18)(H,19,20,21). The fourth-order valence-corrected chi connectivity index (χ4v) is 4.22. The zero-order valence-electron chi connectivity index (χ0n) is 12.1. The number of hydrogen-bond donors (Lipinski definition) is 3. The maximum absolute atomic E-state index is 12.0. The van der Waals surface area contributed by atoms with Crippen molar-refractivity contribution in [2.75, 3.05) is 17.2 Å². The Balaban J connectivity index is 2.06. The van der Waals surface area contributed by atoms with Crippen LogP contribution in [0.3, 0.4) is 0 Å².